The summed E-state index contributed by atoms with van der Waals surface area (Å²) in [6, 6.07) is 2.02. The molecule has 0 bridgehead atoms. The number of nitrogens with two attached hydrogens (primary N) is 1. The van der Waals surface area contributed by atoms with Gasteiger partial charge in [0.25, 0.3) is 0 Å². The van der Waals surface area contributed by atoms with Crippen molar-refractivity contribution in [1.82, 2.24) is 4.98 Å². The van der Waals surface area contributed by atoms with Crippen LogP contribution in [-0.4, -0.2) is 24.6 Å². The van der Waals surface area contributed by atoms with E-state index in [1.807, 2.05) is 18.5 Å². The molecule has 3 nitrogen and oxygen atoms in total. The summed E-state index contributed by atoms with van der Waals surface area (Å²) in [7, 11) is 0. The molecule has 1 heterocycles. The zero-order valence-corrected chi connectivity index (χ0v) is 8.33. The topological polar surface area (TPSA) is 42.1 Å². The summed E-state index contributed by atoms with van der Waals surface area (Å²) >= 11 is 0. The third kappa shape index (κ3) is 2.42. The molecule has 0 atom stereocenters. The second kappa shape index (κ2) is 4.82. The molecule has 0 amide bonds. The summed E-state index contributed by atoms with van der Waals surface area (Å²) in [6.45, 7) is 6.77. The molecule has 1 aromatic heterocycles. The molecule has 0 radical (unpaired) electrons. The van der Waals surface area contributed by atoms with Crippen molar-refractivity contribution in [3.63, 3.8) is 0 Å². The van der Waals surface area contributed by atoms with Crippen LogP contribution in [0.5, 0.6) is 0 Å². The van der Waals surface area contributed by atoms with E-state index in [0.717, 1.165) is 13.1 Å². The molecule has 0 aromatic carbocycles. The highest BCUT2D eigenvalue weighted by Crippen LogP contribution is 2.16. The Balaban J connectivity index is 2.84. The highest BCUT2D eigenvalue weighted by Gasteiger charge is 2.05. The minimum absolute atomic E-state index is 0.683. The number of anilines is 1. The summed E-state index contributed by atoms with van der Waals surface area (Å²) in [5, 5.41) is 0. The summed E-state index contributed by atoms with van der Waals surface area (Å²) in [5.41, 5.74) is 7.98. The minimum atomic E-state index is 0.683. The van der Waals surface area contributed by atoms with Crippen LogP contribution in [0, 0.1) is 6.92 Å². The van der Waals surface area contributed by atoms with Crippen LogP contribution >= 0.6 is 0 Å². The molecule has 0 spiro atoms. The third-order valence-corrected chi connectivity index (χ3v) is 2.13. The molecular weight excluding hydrogens is 162 g/mol. The Labute approximate surface area is 79.6 Å². The molecule has 0 unspecified atom stereocenters. The predicted molar refractivity (Wildman–Crippen MR) is 55.9 cm³/mol. The van der Waals surface area contributed by atoms with Gasteiger partial charge < -0.3 is 10.6 Å². The highest BCUT2D eigenvalue weighted by molar-refractivity contribution is 5.50. The lowest BCUT2D eigenvalue weighted by Crippen LogP contribution is -2.29. The van der Waals surface area contributed by atoms with Crippen LogP contribution in [0.15, 0.2) is 18.5 Å². The van der Waals surface area contributed by atoms with Crippen LogP contribution in [-0.2, 0) is 0 Å². The summed E-state index contributed by atoms with van der Waals surface area (Å²) in [6.07, 6.45) is 3.71. The quantitative estimate of drug-likeness (QED) is 0.754. The van der Waals surface area contributed by atoms with E-state index in [2.05, 4.69) is 23.7 Å². The summed E-state index contributed by atoms with van der Waals surface area (Å²) in [5.74, 6) is 0. The molecule has 1 rings (SSSR count). The van der Waals surface area contributed by atoms with Crippen molar-refractivity contribution < 1.29 is 0 Å². The van der Waals surface area contributed by atoms with Gasteiger partial charge in [-0.2, -0.15) is 0 Å². The molecule has 2 N–H and O–H groups in total. The van der Waals surface area contributed by atoms with Crippen molar-refractivity contribution in [2.45, 2.75) is 13.8 Å². The first kappa shape index (κ1) is 9.99. The normalized spacial score (nSPS) is 10.1. The van der Waals surface area contributed by atoms with Crippen LogP contribution in [0.3, 0.4) is 0 Å². The largest absolute Gasteiger partial charge is 0.369 e. The van der Waals surface area contributed by atoms with E-state index in [1.54, 1.807) is 0 Å². The van der Waals surface area contributed by atoms with Gasteiger partial charge in [-0.3, -0.25) is 4.98 Å². The van der Waals surface area contributed by atoms with Crippen molar-refractivity contribution in [1.29, 1.82) is 0 Å². The first-order valence-electron chi connectivity index (χ1n) is 4.65. The fraction of sp³-hybridized carbons (Fsp3) is 0.500. The smallest absolute Gasteiger partial charge is 0.0582 e. The maximum absolute atomic E-state index is 5.53. The van der Waals surface area contributed by atoms with Gasteiger partial charge in [0.05, 0.1) is 11.9 Å². The number of hydrogen-bond acceptors (Lipinski definition) is 3. The van der Waals surface area contributed by atoms with Gasteiger partial charge in [0.15, 0.2) is 0 Å². The first-order valence-corrected chi connectivity index (χ1v) is 4.65. The molecule has 0 aliphatic carbocycles. The Hall–Kier alpha value is -1.09. The zero-order valence-electron chi connectivity index (χ0n) is 8.33. The second-order valence-corrected chi connectivity index (χ2v) is 3.03. The van der Waals surface area contributed by atoms with Crippen molar-refractivity contribution >= 4 is 5.69 Å². The lowest BCUT2D eigenvalue weighted by Gasteiger charge is -2.23. The maximum Gasteiger partial charge on any atom is 0.0582 e. The highest BCUT2D eigenvalue weighted by atomic mass is 15.1. The van der Waals surface area contributed by atoms with Crippen molar-refractivity contribution in [2.75, 3.05) is 24.5 Å². The van der Waals surface area contributed by atoms with Gasteiger partial charge in [0, 0.05) is 25.8 Å². The Morgan fingerprint density at radius 3 is 2.85 bits per heavy atom. The summed E-state index contributed by atoms with van der Waals surface area (Å²) in [4.78, 5) is 6.35. The van der Waals surface area contributed by atoms with Gasteiger partial charge in [-0.15, -0.1) is 0 Å². The predicted octanol–water partition coefficient (Wildman–Crippen LogP) is 1.18. The molecule has 0 aliphatic rings. The van der Waals surface area contributed by atoms with Gasteiger partial charge in [0.2, 0.25) is 0 Å². The third-order valence-electron chi connectivity index (χ3n) is 2.13. The second-order valence-electron chi connectivity index (χ2n) is 3.03. The SMILES string of the molecule is CCN(CCN)c1cnccc1C. The van der Waals surface area contributed by atoms with Crippen LogP contribution in [0.2, 0.25) is 0 Å². The fourth-order valence-electron chi connectivity index (χ4n) is 1.39. The van der Waals surface area contributed by atoms with Gasteiger partial charge in [-0.25, -0.2) is 0 Å². The van der Waals surface area contributed by atoms with Crippen LogP contribution in [0.1, 0.15) is 12.5 Å². The molecule has 3 heteroatoms. The number of aromatic nitrogens is 1. The fourth-order valence-corrected chi connectivity index (χ4v) is 1.39. The number of likely N-dealkylation sites (N-methyl/N-ethyl adjacent to an activating group) is 1. The Morgan fingerprint density at radius 1 is 1.54 bits per heavy atom. The van der Waals surface area contributed by atoms with E-state index in [4.69, 9.17) is 5.73 Å². The van der Waals surface area contributed by atoms with E-state index < -0.39 is 0 Å². The Kier molecular flexibility index (Phi) is 3.71. The molecule has 1 aromatic rings. The van der Waals surface area contributed by atoms with E-state index in [0.29, 0.717) is 6.54 Å². The Bertz CT molecular complexity index is 260. The van der Waals surface area contributed by atoms with Gasteiger partial charge >= 0.3 is 0 Å². The minimum Gasteiger partial charge on any atom is -0.369 e. The van der Waals surface area contributed by atoms with Crippen molar-refractivity contribution in [3.05, 3.63) is 24.0 Å². The average molecular weight is 179 g/mol. The lowest BCUT2D eigenvalue weighted by molar-refractivity contribution is 0.811. The van der Waals surface area contributed by atoms with Crippen LogP contribution in [0.4, 0.5) is 5.69 Å². The van der Waals surface area contributed by atoms with Crippen LogP contribution in [0.25, 0.3) is 0 Å². The number of aryl methyl sites for hydroxylation is 1. The van der Waals surface area contributed by atoms with Crippen molar-refractivity contribution in [3.8, 4) is 0 Å². The number of nitrogens with zero attached hydrogens (tertiary/aromatic N) is 2. The molecular formula is C10H17N3. The van der Waals surface area contributed by atoms with Crippen molar-refractivity contribution in [2.24, 2.45) is 5.73 Å². The van der Waals surface area contributed by atoms with Crippen LogP contribution < -0.4 is 10.6 Å². The van der Waals surface area contributed by atoms with E-state index in [9.17, 15) is 0 Å². The molecule has 0 saturated heterocycles. The lowest BCUT2D eigenvalue weighted by atomic mass is 10.2. The molecule has 13 heavy (non-hydrogen) atoms. The Morgan fingerprint density at radius 2 is 2.31 bits per heavy atom. The standard InChI is InChI=1S/C10H17N3/c1-3-13(7-5-11)10-8-12-6-4-9(10)2/h4,6,8H,3,5,7,11H2,1-2H3. The summed E-state index contributed by atoms with van der Waals surface area (Å²) < 4.78 is 0. The molecule has 0 saturated carbocycles. The maximum atomic E-state index is 5.53. The average Bonchev–Trinajstić information content (AvgIpc) is 2.16. The van der Waals surface area contributed by atoms with E-state index >= 15 is 0 Å². The molecule has 0 aliphatic heterocycles. The number of hydrogen-bond donors (Lipinski definition) is 1. The van der Waals surface area contributed by atoms with Gasteiger partial charge in [-0.05, 0) is 25.5 Å². The van der Waals surface area contributed by atoms with E-state index in [-0.39, 0.29) is 0 Å². The molecule has 0 fully saturated rings. The number of pyridine rings is 1. The zero-order chi connectivity index (χ0) is 9.68. The number of rotatable bonds is 4. The van der Waals surface area contributed by atoms with Gasteiger partial charge in [0.1, 0.15) is 0 Å². The van der Waals surface area contributed by atoms with Gasteiger partial charge in [-0.1, -0.05) is 0 Å². The monoisotopic (exact) mass is 179 g/mol. The van der Waals surface area contributed by atoms with E-state index in [1.165, 1.54) is 11.3 Å². The first-order chi connectivity index (χ1) is 6.29. The molecule has 72 valence electrons.